The van der Waals surface area contributed by atoms with E-state index >= 15 is 0 Å². The van der Waals surface area contributed by atoms with E-state index in [1.165, 1.54) is 31.2 Å². The molecule has 5 nitrogen and oxygen atoms in total. The Morgan fingerprint density at radius 1 is 1.24 bits per heavy atom. The Kier molecular flexibility index (Phi) is 8.77. The Labute approximate surface area is 151 Å². The fraction of sp³-hybridized carbons (Fsp3) is 0.650. The maximum Gasteiger partial charge on any atom is 0.238 e. The van der Waals surface area contributed by atoms with Gasteiger partial charge in [-0.2, -0.15) is 0 Å². The van der Waals surface area contributed by atoms with Crippen LogP contribution in [-0.2, 0) is 11.3 Å². The molecule has 1 unspecified atom stereocenters. The molecule has 1 fully saturated rings. The number of nitrogens with one attached hydrogen (secondary N) is 1. The lowest BCUT2D eigenvalue weighted by molar-refractivity contribution is -0.126. The van der Waals surface area contributed by atoms with Crippen molar-refractivity contribution in [2.24, 2.45) is 11.8 Å². The number of ether oxygens (including phenoxy) is 1. The highest BCUT2D eigenvalue weighted by atomic mass is 16.5. The maximum absolute atomic E-state index is 11.7. The first-order valence-electron chi connectivity index (χ1n) is 9.67. The second-order valence-electron chi connectivity index (χ2n) is 6.99. The van der Waals surface area contributed by atoms with Gasteiger partial charge in [0.25, 0.3) is 0 Å². The Bertz CT molecular complexity index is 504. The van der Waals surface area contributed by atoms with Crippen molar-refractivity contribution in [1.29, 1.82) is 0 Å². The largest absolute Gasteiger partial charge is 0.494 e. The maximum atomic E-state index is 11.7. The summed E-state index contributed by atoms with van der Waals surface area (Å²) in [6.45, 7) is 5.70. The molecule has 140 valence electrons. The summed E-state index contributed by atoms with van der Waals surface area (Å²) in [4.78, 5) is 14.0. The summed E-state index contributed by atoms with van der Waals surface area (Å²) in [5.41, 5.74) is 3.53. The standard InChI is InChI=1S/C20H33N3O2/c1-2-3-4-5-6-14-25-19-11-9-17(10-12-19)15-23-13-7-8-18(16-23)20(24)22-21/h9-12,18H,2-8,13-16,21H2,1H3,(H,22,24). The van der Waals surface area contributed by atoms with Crippen LogP contribution >= 0.6 is 0 Å². The predicted molar refractivity (Wildman–Crippen MR) is 101 cm³/mol. The van der Waals surface area contributed by atoms with Crippen molar-refractivity contribution >= 4 is 5.91 Å². The molecule has 1 heterocycles. The number of unbranched alkanes of at least 4 members (excludes halogenated alkanes) is 4. The van der Waals surface area contributed by atoms with E-state index in [1.807, 2.05) is 0 Å². The molecule has 25 heavy (non-hydrogen) atoms. The van der Waals surface area contributed by atoms with Gasteiger partial charge in [0, 0.05) is 13.1 Å². The molecule has 0 aromatic heterocycles. The third kappa shape index (κ3) is 7.04. The zero-order chi connectivity index (χ0) is 17.9. The van der Waals surface area contributed by atoms with Crippen LogP contribution in [0, 0.1) is 5.92 Å². The van der Waals surface area contributed by atoms with E-state index in [4.69, 9.17) is 10.6 Å². The molecule has 1 aliphatic heterocycles. The van der Waals surface area contributed by atoms with E-state index in [0.717, 1.165) is 51.3 Å². The van der Waals surface area contributed by atoms with Gasteiger partial charge < -0.3 is 4.74 Å². The van der Waals surface area contributed by atoms with Gasteiger partial charge in [0.05, 0.1) is 12.5 Å². The number of rotatable bonds is 10. The van der Waals surface area contributed by atoms with Gasteiger partial charge in [-0.1, -0.05) is 44.7 Å². The molecule has 1 aromatic rings. The Hall–Kier alpha value is -1.59. The van der Waals surface area contributed by atoms with Crippen LogP contribution in [0.15, 0.2) is 24.3 Å². The molecule has 0 radical (unpaired) electrons. The molecule has 0 spiro atoms. The van der Waals surface area contributed by atoms with Crippen molar-refractivity contribution in [2.45, 2.75) is 58.4 Å². The molecule has 1 amide bonds. The van der Waals surface area contributed by atoms with Crippen molar-refractivity contribution in [3.63, 3.8) is 0 Å². The van der Waals surface area contributed by atoms with Crippen molar-refractivity contribution in [3.05, 3.63) is 29.8 Å². The van der Waals surface area contributed by atoms with E-state index in [0.29, 0.717) is 0 Å². The highest BCUT2D eigenvalue weighted by Gasteiger charge is 2.25. The third-order valence-corrected chi connectivity index (χ3v) is 4.86. The number of hydrogen-bond acceptors (Lipinski definition) is 4. The second kappa shape index (κ2) is 11.1. The zero-order valence-electron chi connectivity index (χ0n) is 15.5. The molecule has 0 aliphatic carbocycles. The third-order valence-electron chi connectivity index (χ3n) is 4.86. The van der Waals surface area contributed by atoms with E-state index in [2.05, 4.69) is 41.5 Å². The van der Waals surface area contributed by atoms with Crippen molar-refractivity contribution in [2.75, 3.05) is 19.7 Å². The fourth-order valence-corrected chi connectivity index (χ4v) is 3.38. The molecule has 1 atom stereocenters. The van der Waals surface area contributed by atoms with Gasteiger partial charge in [-0.25, -0.2) is 5.84 Å². The first kappa shape index (κ1) is 19.7. The van der Waals surface area contributed by atoms with E-state index in [1.54, 1.807) is 0 Å². The summed E-state index contributed by atoms with van der Waals surface area (Å²) in [7, 11) is 0. The van der Waals surface area contributed by atoms with Crippen LogP contribution in [0.3, 0.4) is 0 Å². The van der Waals surface area contributed by atoms with Gasteiger partial charge in [0.15, 0.2) is 0 Å². The molecule has 0 bridgehead atoms. The lowest BCUT2D eigenvalue weighted by Crippen LogP contribution is -2.44. The Morgan fingerprint density at radius 3 is 2.72 bits per heavy atom. The van der Waals surface area contributed by atoms with Crippen molar-refractivity contribution in [1.82, 2.24) is 10.3 Å². The Morgan fingerprint density at radius 2 is 2.00 bits per heavy atom. The van der Waals surface area contributed by atoms with Crippen LogP contribution in [0.25, 0.3) is 0 Å². The monoisotopic (exact) mass is 347 g/mol. The molecule has 0 saturated carbocycles. The van der Waals surface area contributed by atoms with Crippen LogP contribution in [0.4, 0.5) is 0 Å². The van der Waals surface area contributed by atoms with Gasteiger partial charge in [-0.15, -0.1) is 0 Å². The number of carbonyl (C=O) groups is 1. The van der Waals surface area contributed by atoms with E-state index < -0.39 is 0 Å². The minimum Gasteiger partial charge on any atom is -0.494 e. The molecule has 2 rings (SSSR count). The molecule has 5 heteroatoms. The zero-order valence-corrected chi connectivity index (χ0v) is 15.5. The minimum atomic E-state index is -0.0487. The lowest BCUT2D eigenvalue weighted by Gasteiger charge is -2.31. The number of likely N-dealkylation sites (tertiary alicyclic amines) is 1. The van der Waals surface area contributed by atoms with Crippen LogP contribution < -0.4 is 16.0 Å². The minimum absolute atomic E-state index is 0.00839. The number of nitrogens with two attached hydrogens (primary N) is 1. The highest BCUT2D eigenvalue weighted by Crippen LogP contribution is 2.20. The number of hydrogen-bond donors (Lipinski definition) is 2. The number of carbonyl (C=O) groups excluding carboxylic acids is 1. The number of nitrogens with zero attached hydrogens (tertiary/aromatic N) is 1. The van der Waals surface area contributed by atoms with Gasteiger partial charge in [0.1, 0.15) is 5.75 Å². The van der Waals surface area contributed by atoms with Crippen LogP contribution in [0.1, 0.15) is 57.4 Å². The van der Waals surface area contributed by atoms with Crippen LogP contribution in [0.5, 0.6) is 5.75 Å². The number of piperidine rings is 1. The lowest BCUT2D eigenvalue weighted by atomic mass is 9.97. The first-order valence-corrected chi connectivity index (χ1v) is 9.67. The summed E-state index contributed by atoms with van der Waals surface area (Å²) in [5.74, 6) is 6.16. The summed E-state index contributed by atoms with van der Waals surface area (Å²) in [6, 6.07) is 8.35. The number of amides is 1. The molecule has 3 N–H and O–H groups in total. The fourth-order valence-electron chi connectivity index (χ4n) is 3.38. The van der Waals surface area contributed by atoms with E-state index in [-0.39, 0.29) is 11.8 Å². The second-order valence-corrected chi connectivity index (χ2v) is 6.99. The van der Waals surface area contributed by atoms with Crippen LogP contribution in [-0.4, -0.2) is 30.5 Å². The summed E-state index contributed by atoms with van der Waals surface area (Å²) < 4.78 is 5.81. The molecule has 1 saturated heterocycles. The van der Waals surface area contributed by atoms with Gasteiger partial charge >= 0.3 is 0 Å². The molecule has 1 aromatic carbocycles. The smallest absolute Gasteiger partial charge is 0.238 e. The topological polar surface area (TPSA) is 67.6 Å². The Balaban J connectivity index is 1.71. The normalized spacial score (nSPS) is 18.1. The summed E-state index contributed by atoms with van der Waals surface area (Å²) in [6.07, 6.45) is 8.23. The quantitative estimate of drug-likeness (QED) is 0.295. The van der Waals surface area contributed by atoms with Crippen molar-refractivity contribution < 1.29 is 9.53 Å². The average molecular weight is 348 g/mol. The predicted octanol–water partition coefficient (Wildman–Crippen LogP) is 3.24. The van der Waals surface area contributed by atoms with E-state index in [9.17, 15) is 4.79 Å². The molecule has 1 aliphatic rings. The molecular weight excluding hydrogens is 314 g/mol. The SMILES string of the molecule is CCCCCCCOc1ccc(CN2CCCC(C(=O)NN)C2)cc1. The van der Waals surface area contributed by atoms with Gasteiger partial charge in [0.2, 0.25) is 5.91 Å². The van der Waals surface area contributed by atoms with Crippen molar-refractivity contribution in [3.8, 4) is 5.75 Å². The summed E-state index contributed by atoms with van der Waals surface area (Å²) >= 11 is 0. The van der Waals surface area contributed by atoms with Gasteiger partial charge in [-0.3, -0.25) is 15.1 Å². The van der Waals surface area contributed by atoms with Crippen LogP contribution in [0.2, 0.25) is 0 Å². The van der Waals surface area contributed by atoms with Gasteiger partial charge in [-0.05, 0) is 43.5 Å². The summed E-state index contributed by atoms with van der Waals surface area (Å²) in [5, 5.41) is 0. The average Bonchev–Trinajstić information content (AvgIpc) is 2.65. The highest BCUT2D eigenvalue weighted by molar-refractivity contribution is 5.78. The number of hydrazine groups is 1. The molecular formula is C20H33N3O2. The first-order chi connectivity index (χ1) is 12.2. The number of benzene rings is 1.